The first-order chi connectivity index (χ1) is 7.37. The summed E-state index contributed by atoms with van der Waals surface area (Å²) in [6.07, 6.45) is -0.625. The van der Waals surface area contributed by atoms with Gasteiger partial charge < -0.3 is 5.11 Å². The molecule has 0 amide bonds. The van der Waals surface area contributed by atoms with Crippen molar-refractivity contribution in [2.24, 2.45) is 11.3 Å². The maximum atomic E-state index is 12.3. The molecule has 88 valence electrons. The molecule has 0 aromatic heterocycles. The van der Waals surface area contributed by atoms with Crippen molar-refractivity contribution in [1.29, 1.82) is 0 Å². The van der Waals surface area contributed by atoms with Gasteiger partial charge in [-0.05, 0) is 5.92 Å². The number of aliphatic hydroxyl groups excluding tert-OH is 1. The van der Waals surface area contributed by atoms with E-state index < -0.39 is 11.5 Å². The molecule has 1 aromatic rings. The average molecular weight is 220 g/mol. The minimum Gasteiger partial charge on any atom is -0.392 e. The third-order valence-electron chi connectivity index (χ3n) is 2.99. The van der Waals surface area contributed by atoms with E-state index in [1.165, 1.54) is 0 Å². The van der Waals surface area contributed by atoms with E-state index in [1.54, 1.807) is 26.0 Å². The van der Waals surface area contributed by atoms with E-state index in [2.05, 4.69) is 0 Å². The molecular weight excluding hydrogens is 200 g/mol. The summed E-state index contributed by atoms with van der Waals surface area (Å²) in [4.78, 5) is 12.3. The van der Waals surface area contributed by atoms with Gasteiger partial charge in [-0.3, -0.25) is 4.79 Å². The van der Waals surface area contributed by atoms with Gasteiger partial charge in [0.15, 0.2) is 5.78 Å². The monoisotopic (exact) mass is 220 g/mol. The third-order valence-corrected chi connectivity index (χ3v) is 2.99. The van der Waals surface area contributed by atoms with Crippen molar-refractivity contribution < 1.29 is 9.90 Å². The highest BCUT2D eigenvalue weighted by Gasteiger charge is 2.37. The molecule has 0 fully saturated rings. The number of carbonyl (C=O) groups is 1. The lowest BCUT2D eigenvalue weighted by molar-refractivity contribution is 0.0167. The van der Waals surface area contributed by atoms with Crippen LogP contribution in [0.2, 0.25) is 0 Å². The standard InChI is InChI=1S/C14H20O2/c1-10(2)12(15)14(3,4)13(16)11-8-6-5-7-9-11/h5-10,12,15H,1-4H3. The molecule has 1 atom stereocenters. The first kappa shape index (κ1) is 12.9. The Morgan fingerprint density at radius 3 is 2.12 bits per heavy atom. The zero-order valence-electron chi connectivity index (χ0n) is 10.4. The van der Waals surface area contributed by atoms with E-state index in [1.807, 2.05) is 32.0 Å². The lowest BCUT2D eigenvalue weighted by Crippen LogP contribution is -2.40. The lowest BCUT2D eigenvalue weighted by Gasteiger charge is -2.31. The van der Waals surface area contributed by atoms with Crippen molar-refractivity contribution in [2.45, 2.75) is 33.8 Å². The smallest absolute Gasteiger partial charge is 0.171 e. The quantitative estimate of drug-likeness (QED) is 0.792. The number of rotatable bonds is 4. The molecule has 2 heteroatoms. The van der Waals surface area contributed by atoms with Crippen LogP contribution in [-0.4, -0.2) is 17.0 Å². The van der Waals surface area contributed by atoms with E-state index in [4.69, 9.17) is 0 Å². The van der Waals surface area contributed by atoms with Crippen molar-refractivity contribution in [1.82, 2.24) is 0 Å². The second-order valence-corrected chi connectivity index (χ2v) is 5.11. The number of benzene rings is 1. The van der Waals surface area contributed by atoms with Crippen molar-refractivity contribution in [2.75, 3.05) is 0 Å². The van der Waals surface area contributed by atoms with Crippen LogP contribution < -0.4 is 0 Å². The fraction of sp³-hybridized carbons (Fsp3) is 0.500. The van der Waals surface area contributed by atoms with Crippen molar-refractivity contribution in [3.63, 3.8) is 0 Å². The summed E-state index contributed by atoms with van der Waals surface area (Å²) >= 11 is 0. The molecule has 0 saturated carbocycles. The third kappa shape index (κ3) is 2.50. The number of hydrogen-bond acceptors (Lipinski definition) is 2. The Bertz CT molecular complexity index is 352. The Kier molecular flexibility index (Phi) is 3.87. The lowest BCUT2D eigenvalue weighted by atomic mass is 9.75. The molecule has 0 bridgehead atoms. The molecule has 1 N–H and O–H groups in total. The summed E-state index contributed by atoms with van der Waals surface area (Å²) in [5.41, 5.74) is -0.0811. The van der Waals surface area contributed by atoms with Gasteiger partial charge in [-0.2, -0.15) is 0 Å². The molecule has 1 rings (SSSR count). The Morgan fingerprint density at radius 1 is 1.19 bits per heavy atom. The van der Waals surface area contributed by atoms with Crippen LogP contribution in [0, 0.1) is 11.3 Å². The molecule has 0 heterocycles. The second-order valence-electron chi connectivity index (χ2n) is 5.11. The number of Topliss-reactive ketones (excluding diaryl/α,β-unsaturated/α-hetero) is 1. The number of carbonyl (C=O) groups excluding carboxylic acids is 1. The van der Waals surface area contributed by atoms with E-state index in [9.17, 15) is 9.90 Å². The first-order valence-corrected chi connectivity index (χ1v) is 5.65. The van der Waals surface area contributed by atoms with Gasteiger partial charge in [0, 0.05) is 5.56 Å². The summed E-state index contributed by atoms with van der Waals surface area (Å²) < 4.78 is 0. The van der Waals surface area contributed by atoms with Crippen LogP contribution in [0.3, 0.4) is 0 Å². The molecule has 0 spiro atoms. The van der Waals surface area contributed by atoms with Crippen LogP contribution >= 0.6 is 0 Å². The molecule has 2 nitrogen and oxygen atoms in total. The summed E-state index contributed by atoms with van der Waals surface area (Å²) in [5.74, 6) is 0.0666. The summed E-state index contributed by atoms with van der Waals surface area (Å²) in [5, 5.41) is 10.1. The van der Waals surface area contributed by atoms with E-state index >= 15 is 0 Å². The maximum absolute atomic E-state index is 12.3. The van der Waals surface area contributed by atoms with E-state index in [0.29, 0.717) is 5.56 Å². The topological polar surface area (TPSA) is 37.3 Å². The molecule has 1 aromatic carbocycles. The van der Waals surface area contributed by atoms with Gasteiger partial charge in [-0.15, -0.1) is 0 Å². The van der Waals surface area contributed by atoms with Crippen molar-refractivity contribution in [3.8, 4) is 0 Å². The molecule has 16 heavy (non-hydrogen) atoms. The number of aliphatic hydroxyl groups is 1. The van der Waals surface area contributed by atoms with Crippen LogP contribution in [0.15, 0.2) is 30.3 Å². The predicted octanol–water partition coefficient (Wildman–Crippen LogP) is 2.91. The minimum absolute atomic E-state index is 0.00528. The van der Waals surface area contributed by atoms with Gasteiger partial charge in [0.05, 0.1) is 11.5 Å². The Labute approximate surface area is 97.3 Å². The SMILES string of the molecule is CC(C)C(O)C(C)(C)C(=O)c1ccccc1. The van der Waals surface area contributed by atoms with Crippen LogP contribution in [0.1, 0.15) is 38.1 Å². The van der Waals surface area contributed by atoms with E-state index in [0.717, 1.165) is 0 Å². The van der Waals surface area contributed by atoms with Gasteiger partial charge in [0.2, 0.25) is 0 Å². The number of hydrogen-bond donors (Lipinski definition) is 1. The van der Waals surface area contributed by atoms with Crippen LogP contribution in [0.25, 0.3) is 0 Å². The zero-order valence-corrected chi connectivity index (χ0v) is 10.4. The molecule has 0 aliphatic heterocycles. The molecule has 0 saturated heterocycles. The van der Waals surface area contributed by atoms with E-state index in [-0.39, 0.29) is 11.7 Å². The van der Waals surface area contributed by atoms with Gasteiger partial charge in [-0.25, -0.2) is 0 Å². The molecule has 0 aliphatic carbocycles. The highest BCUT2D eigenvalue weighted by atomic mass is 16.3. The highest BCUT2D eigenvalue weighted by molar-refractivity contribution is 6.00. The van der Waals surface area contributed by atoms with Gasteiger partial charge >= 0.3 is 0 Å². The number of ketones is 1. The van der Waals surface area contributed by atoms with Crippen molar-refractivity contribution in [3.05, 3.63) is 35.9 Å². The molecule has 0 aliphatic rings. The highest BCUT2D eigenvalue weighted by Crippen LogP contribution is 2.30. The zero-order chi connectivity index (χ0) is 12.3. The van der Waals surface area contributed by atoms with Crippen LogP contribution in [0.4, 0.5) is 0 Å². The largest absolute Gasteiger partial charge is 0.392 e. The second kappa shape index (κ2) is 4.79. The van der Waals surface area contributed by atoms with Gasteiger partial charge in [-0.1, -0.05) is 58.0 Å². The fourth-order valence-electron chi connectivity index (χ4n) is 1.93. The predicted molar refractivity (Wildman–Crippen MR) is 65.4 cm³/mol. The Morgan fingerprint density at radius 2 is 1.69 bits per heavy atom. The van der Waals surface area contributed by atoms with Crippen molar-refractivity contribution >= 4 is 5.78 Å². The molecule has 1 unspecified atom stereocenters. The summed E-state index contributed by atoms with van der Waals surface area (Å²) in [7, 11) is 0. The molecular formula is C14H20O2. The maximum Gasteiger partial charge on any atom is 0.171 e. The fourth-order valence-corrected chi connectivity index (χ4v) is 1.93. The average Bonchev–Trinajstić information content (AvgIpc) is 2.28. The first-order valence-electron chi connectivity index (χ1n) is 5.65. The Balaban J connectivity index is 2.97. The van der Waals surface area contributed by atoms with Crippen LogP contribution in [-0.2, 0) is 0 Å². The Hall–Kier alpha value is -1.15. The minimum atomic E-state index is -0.741. The molecule has 0 radical (unpaired) electrons. The summed E-state index contributed by atoms with van der Waals surface area (Å²) in [6.45, 7) is 7.44. The van der Waals surface area contributed by atoms with Gasteiger partial charge in [0.1, 0.15) is 0 Å². The summed E-state index contributed by atoms with van der Waals surface area (Å²) in [6, 6.07) is 9.13. The normalized spacial score (nSPS) is 13.9. The van der Waals surface area contributed by atoms with Crippen LogP contribution in [0.5, 0.6) is 0 Å². The van der Waals surface area contributed by atoms with Gasteiger partial charge in [0.25, 0.3) is 0 Å².